The van der Waals surface area contributed by atoms with E-state index >= 15 is 0 Å². The Morgan fingerprint density at radius 2 is 2.05 bits per heavy atom. The number of aromatic nitrogens is 2. The normalized spacial score (nSPS) is 22.2. The molecule has 0 saturated carbocycles. The molecule has 0 aromatic carbocycles. The summed E-state index contributed by atoms with van der Waals surface area (Å²) in [5.74, 6) is 0.141. The number of H-pyrrole nitrogens is 1. The van der Waals surface area contributed by atoms with Crippen molar-refractivity contribution in [2.24, 2.45) is 0 Å². The molecule has 0 bridgehead atoms. The fourth-order valence-electron chi connectivity index (χ4n) is 1.62. The molecule has 0 amide bonds. The fraction of sp³-hybridized carbons (Fsp3) is 0.556. The van der Waals surface area contributed by atoms with E-state index in [2.05, 4.69) is 20.6 Å². The third-order valence-corrected chi connectivity index (χ3v) is 2.49. The fourth-order valence-corrected chi connectivity index (χ4v) is 1.62. The molecule has 2 heterocycles. The number of nitrogens with two attached hydrogens (primary N) is 1. The lowest BCUT2D eigenvalue weighted by atomic mass is 10.0. The van der Waals surface area contributed by atoms with Gasteiger partial charge < -0.3 is 26.6 Å². The number of aromatic amines is 1. The maximum atomic E-state index is 11.7. The van der Waals surface area contributed by atoms with Crippen molar-refractivity contribution >= 4 is 27.9 Å². The molecule has 126 valence electrons. The predicted octanol–water partition coefficient (Wildman–Crippen LogP) is -2.35. The zero-order valence-electron chi connectivity index (χ0n) is 13.9. The van der Waals surface area contributed by atoms with Crippen LogP contribution in [0.3, 0.4) is 0 Å². The van der Waals surface area contributed by atoms with Crippen molar-refractivity contribution in [3.05, 3.63) is 10.4 Å². The number of nitrogen functional groups attached to an aromatic ring is 1. The SMILES string of the molecule is O=S(=O)(O)O.[2H]C([2H])([2H])[C@H](O)[C@H](O)[C@H]1CNc2nc(N)[nH]c(=O)c2N1. The summed E-state index contributed by atoms with van der Waals surface area (Å²) in [5, 5.41) is 24.9. The van der Waals surface area contributed by atoms with E-state index in [-0.39, 0.29) is 24.0 Å². The lowest BCUT2D eigenvalue weighted by Crippen LogP contribution is -2.48. The van der Waals surface area contributed by atoms with Crippen LogP contribution in [0.4, 0.5) is 17.5 Å². The van der Waals surface area contributed by atoms with Crippen molar-refractivity contribution in [3.63, 3.8) is 0 Å². The third-order valence-electron chi connectivity index (χ3n) is 2.49. The Labute approximate surface area is 129 Å². The number of aliphatic hydroxyl groups is 2. The Morgan fingerprint density at radius 1 is 1.45 bits per heavy atom. The summed E-state index contributed by atoms with van der Waals surface area (Å²) in [4.78, 5) is 17.8. The number of rotatable bonds is 2. The topological polar surface area (TPSA) is 211 Å². The molecule has 0 fully saturated rings. The highest BCUT2D eigenvalue weighted by atomic mass is 32.3. The van der Waals surface area contributed by atoms with E-state index in [9.17, 15) is 15.0 Å². The lowest BCUT2D eigenvalue weighted by Gasteiger charge is -2.31. The maximum Gasteiger partial charge on any atom is 0.394 e. The minimum atomic E-state index is -4.67. The summed E-state index contributed by atoms with van der Waals surface area (Å²) in [7, 11) is -4.67. The highest BCUT2D eigenvalue weighted by Crippen LogP contribution is 2.21. The van der Waals surface area contributed by atoms with Gasteiger partial charge in [0, 0.05) is 10.7 Å². The largest absolute Gasteiger partial charge is 0.394 e. The first kappa shape index (κ1) is 13.7. The first-order chi connectivity index (χ1) is 11.2. The van der Waals surface area contributed by atoms with Crippen LogP contribution in [0.25, 0.3) is 0 Å². The Kier molecular flexibility index (Phi) is 4.29. The zero-order valence-corrected chi connectivity index (χ0v) is 11.7. The van der Waals surface area contributed by atoms with Gasteiger partial charge in [-0.3, -0.25) is 18.9 Å². The second-order valence-electron chi connectivity index (χ2n) is 4.19. The zero-order chi connectivity index (χ0) is 19.6. The summed E-state index contributed by atoms with van der Waals surface area (Å²) in [6.45, 7) is -2.63. The van der Waals surface area contributed by atoms with Gasteiger partial charge in [-0.1, -0.05) is 0 Å². The van der Waals surface area contributed by atoms with Crippen LogP contribution in [0.1, 0.15) is 11.0 Å². The van der Waals surface area contributed by atoms with Crippen molar-refractivity contribution in [3.8, 4) is 0 Å². The van der Waals surface area contributed by atoms with E-state index in [0.717, 1.165) is 0 Å². The van der Waals surface area contributed by atoms with Crippen LogP contribution in [0.15, 0.2) is 4.79 Å². The standard InChI is InChI=1S/C9H15N5O3.H2O4S/c1-3(15)6(16)4-2-11-7-5(12-4)8(17)14-9(10)13-7;1-5(2,3)4/h3-4,6,12,15-16H,2H2,1H3,(H4,10,11,13,14,17);(H2,1,2,3,4)/t3-,4+,6-;/m0./s1/i1D3;. The molecular weight excluding hydrogens is 322 g/mol. The van der Waals surface area contributed by atoms with Gasteiger partial charge in [0.25, 0.3) is 5.56 Å². The summed E-state index contributed by atoms with van der Waals surface area (Å²) >= 11 is 0. The van der Waals surface area contributed by atoms with Gasteiger partial charge in [-0.25, -0.2) is 0 Å². The van der Waals surface area contributed by atoms with Crippen LogP contribution in [-0.4, -0.2) is 62.5 Å². The first-order valence-electron chi connectivity index (χ1n) is 7.16. The number of hydrogen-bond donors (Lipinski definition) is 8. The third kappa shape index (κ3) is 5.45. The molecule has 13 heteroatoms. The van der Waals surface area contributed by atoms with Gasteiger partial charge in [0.2, 0.25) is 5.95 Å². The predicted molar refractivity (Wildman–Crippen MR) is 77.0 cm³/mol. The molecule has 22 heavy (non-hydrogen) atoms. The van der Waals surface area contributed by atoms with Crippen molar-refractivity contribution in [2.45, 2.75) is 25.1 Å². The molecule has 0 aliphatic carbocycles. The molecule has 1 aliphatic rings. The molecule has 1 aromatic heterocycles. The van der Waals surface area contributed by atoms with E-state index in [4.69, 9.17) is 27.4 Å². The molecule has 0 unspecified atom stereocenters. The van der Waals surface area contributed by atoms with Crippen LogP contribution in [0.5, 0.6) is 0 Å². The second kappa shape index (κ2) is 6.89. The van der Waals surface area contributed by atoms with Gasteiger partial charge in [0.05, 0.1) is 12.1 Å². The van der Waals surface area contributed by atoms with E-state index in [1.54, 1.807) is 0 Å². The van der Waals surface area contributed by atoms with Crippen LogP contribution in [0, 0.1) is 0 Å². The molecule has 0 saturated heterocycles. The molecule has 0 radical (unpaired) electrons. The highest BCUT2D eigenvalue weighted by molar-refractivity contribution is 7.79. The Bertz CT molecular complexity index is 760. The molecule has 1 aromatic rings. The first-order valence-corrected chi connectivity index (χ1v) is 7.06. The monoisotopic (exact) mass is 342 g/mol. The van der Waals surface area contributed by atoms with Crippen LogP contribution >= 0.6 is 0 Å². The molecular formula is C9H17N5O7S. The van der Waals surface area contributed by atoms with Gasteiger partial charge in [-0.05, 0) is 6.85 Å². The highest BCUT2D eigenvalue weighted by Gasteiger charge is 2.29. The number of hydrogen-bond acceptors (Lipinski definition) is 9. The van der Waals surface area contributed by atoms with Gasteiger partial charge in [0.15, 0.2) is 5.82 Å². The van der Waals surface area contributed by atoms with E-state index in [0.29, 0.717) is 0 Å². The molecule has 3 atom stereocenters. The number of aliphatic hydroxyl groups excluding tert-OH is 2. The summed E-state index contributed by atoms with van der Waals surface area (Å²) in [6.07, 6.45) is -3.51. The summed E-state index contributed by atoms with van der Waals surface area (Å²) in [6, 6.07) is -0.857. The number of fused-ring (bicyclic) bond motifs is 1. The van der Waals surface area contributed by atoms with E-state index < -0.39 is 41.1 Å². The van der Waals surface area contributed by atoms with Gasteiger partial charge >= 0.3 is 10.4 Å². The average molecular weight is 342 g/mol. The molecule has 1 aliphatic heterocycles. The summed E-state index contributed by atoms with van der Waals surface area (Å²) < 4.78 is 52.8. The number of anilines is 3. The van der Waals surface area contributed by atoms with Crippen LogP contribution < -0.4 is 21.9 Å². The van der Waals surface area contributed by atoms with Crippen LogP contribution in [-0.2, 0) is 10.4 Å². The number of nitrogens with one attached hydrogen (secondary N) is 3. The van der Waals surface area contributed by atoms with Gasteiger partial charge in [0.1, 0.15) is 11.8 Å². The molecule has 9 N–H and O–H groups in total. The smallest absolute Gasteiger partial charge is 0.391 e. The van der Waals surface area contributed by atoms with Crippen LogP contribution in [0.2, 0.25) is 0 Å². The Morgan fingerprint density at radius 3 is 2.59 bits per heavy atom. The van der Waals surface area contributed by atoms with Gasteiger partial charge in [-0.2, -0.15) is 13.4 Å². The lowest BCUT2D eigenvalue weighted by molar-refractivity contribution is 0.0214. The maximum absolute atomic E-state index is 11.7. The average Bonchev–Trinajstić information content (AvgIpc) is 2.42. The van der Waals surface area contributed by atoms with E-state index in [1.165, 1.54) is 0 Å². The molecule has 0 spiro atoms. The van der Waals surface area contributed by atoms with Crippen molar-refractivity contribution in [2.75, 3.05) is 22.9 Å². The molecule has 12 nitrogen and oxygen atoms in total. The van der Waals surface area contributed by atoms with Crippen molar-refractivity contribution in [1.82, 2.24) is 9.97 Å². The minimum Gasteiger partial charge on any atom is -0.391 e. The quantitative estimate of drug-likeness (QED) is 0.266. The van der Waals surface area contributed by atoms with Gasteiger partial charge in [-0.15, -0.1) is 0 Å². The Hall–Kier alpha value is -1.93. The second-order valence-corrected chi connectivity index (χ2v) is 5.09. The number of nitrogens with zero attached hydrogens (tertiary/aromatic N) is 1. The van der Waals surface area contributed by atoms with E-state index in [1.807, 2.05) is 0 Å². The summed E-state index contributed by atoms with van der Waals surface area (Å²) in [5.41, 5.74) is 4.86. The van der Waals surface area contributed by atoms with Crippen molar-refractivity contribution < 1.29 is 31.8 Å². The minimum absolute atomic E-state index is 0.0345. The van der Waals surface area contributed by atoms with Crippen molar-refractivity contribution in [1.29, 1.82) is 0 Å². The Balaban J connectivity index is 0.000000550. The molecule has 2 rings (SSSR count).